The van der Waals surface area contributed by atoms with Crippen molar-refractivity contribution in [1.29, 1.82) is 0 Å². The lowest BCUT2D eigenvalue weighted by atomic mass is 10.2. The molecular weight excluding hydrogens is 190 g/mol. The number of hydrogen-bond donors (Lipinski definition) is 1. The number of aryl methyl sites for hydroxylation is 1. The molecule has 2 heterocycles. The lowest BCUT2D eigenvalue weighted by molar-refractivity contribution is 0.140. The highest BCUT2D eigenvalue weighted by molar-refractivity contribution is 5.78. The Morgan fingerprint density at radius 3 is 2.73 bits per heavy atom. The number of imidazole rings is 1. The second-order valence-electron chi connectivity index (χ2n) is 4.02. The third-order valence-corrected chi connectivity index (χ3v) is 2.91. The number of aliphatic hydroxyl groups is 1. The molecule has 0 spiro atoms. The van der Waals surface area contributed by atoms with E-state index in [4.69, 9.17) is 0 Å². The SMILES string of the molecule is Cn1c(N2CC(O)C2)nc2ccccc21. The minimum Gasteiger partial charge on any atom is -0.389 e. The average molecular weight is 203 g/mol. The van der Waals surface area contributed by atoms with E-state index in [1.54, 1.807) is 0 Å². The molecule has 1 fully saturated rings. The molecule has 0 radical (unpaired) electrons. The molecule has 15 heavy (non-hydrogen) atoms. The first kappa shape index (κ1) is 8.73. The zero-order valence-corrected chi connectivity index (χ0v) is 8.59. The molecule has 4 heteroatoms. The zero-order chi connectivity index (χ0) is 10.4. The van der Waals surface area contributed by atoms with E-state index in [-0.39, 0.29) is 6.10 Å². The monoisotopic (exact) mass is 203 g/mol. The van der Waals surface area contributed by atoms with Crippen LogP contribution in [0.4, 0.5) is 5.95 Å². The summed E-state index contributed by atoms with van der Waals surface area (Å²) < 4.78 is 2.07. The van der Waals surface area contributed by atoms with E-state index < -0.39 is 0 Å². The first-order valence-corrected chi connectivity index (χ1v) is 5.10. The summed E-state index contributed by atoms with van der Waals surface area (Å²) in [6.07, 6.45) is -0.190. The summed E-state index contributed by atoms with van der Waals surface area (Å²) in [4.78, 5) is 6.63. The van der Waals surface area contributed by atoms with Crippen LogP contribution in [-0.4, -0.2) is 33.9 Å². The first-order chi connectivity index (χ1) is 7.25. The maximum atomic E-state index is 9.27. The van der Waals surface area contributed by atoms with E-state index in [9.17, 15) is 5.11 Å². The molecule has 1 aromatic carbocycles. The van der Waals surface area contributed by atoms with Crippen LogP contribution in [0.3, 0.4) is 0 Å². The molecule has 3 rings (SSSR count). The number of benzene rings is 1. The molecule has 0 aliphatic carbocycles. The standard InChI is InChI=1S/C11H13N3O/c1-13-10-5-3-2-4-9(10)12-11(13)14-6-8(15)7-14/h2-5,8,15H,6-7H2,1H3. The van der Waals surface area contributed by atoms with Crippen molar-refractivity contribution in [3.8, 4) is 0 Å². The number of β-amino-alcohol motifs (C(OH)–C–C–N with tert-alkyl or cyclic N) is 1. The van der Waals surface area contributed by atoms with Crippen molar-refractivity contribution in [3.05, 3.63) is 24.3 Å². The summed E-state index contributed by atoms with van der Waals surface area (Å²) in [7, 11) is 2.01. The molecule has 0 amide bonds. The van der Waals surface area contributed by atoms with E-state index in [0.717, 1.165) is 17.0 Å². The molecule has 2 aromatic rings. The lowest BCUT2D eigenvalue weighted by Gasteiger charge is -2.36. The summed E-state index contributed by atoms with van der Waals surface area (Å²) in [6, 6.07) is 8.07. The topological polar surface area (TPSA) is 41.3 Å². The normalized spacial score (nSPS) is 17.1. The third-order valence-electron chi connectivity index (χ3n) is 2.91. The molecule has 0 bridgehead atoms. The number of rotatable bonds is 1. The summed E-state index contributed by atoms with van der Waals surface area (Å²) in [5, 5.41) is 9.27. The number of fused-ring (bicyclic) bond motifs is 1. The number of para-hydroxylation sites is 2. The van der Waals surface area contributed by atoms with Gasteiger partial charge in [0.25, 0.3) is 0 Å². The maximum absolute atomic E-state index is 9.27. The minimum atomic E-state index is -0.190. The smallest absolute Gasteiger partial charge is 0.206 e. The van der Waals surface area contributed by atoms with Gasteiger partial charge in [-0.3, -0.25) is 0 Å². The number of anilines is 1. The summed E-state index contributed by atoms with van der Waals surface area (Å²) >= 11 is 0. The average Bonchev–Trinajstić information content (AvgIpc) is 2.52. The molecule has 1 aliphatic heterocycles. The highest BCUT2D eigenvalue weighted by Gasteiger charge is 2.27. The van der Waals surface area contributed by atoms with Crippen LogP contribution in [0.15, 0.2) is 24.3 Å². The number of nitrogens with zero attached hydrogens (tertiary/aromatic N) is 3. The van der Waals surface area contributed by atoms with Crippen LogP contribution in [-0.2, 0) is 7.05 Å². The van der Waals surface area contributed by atoms with Crippen molar-refractivity contribution in [2.75, 3.05) is 18.0 Å². The van der Waals surface area contributed by atoms with Crippen LogP contribution in [0.5, 0.6) is 0 Å². The second-order valence-corrected chi connectivity index (χ2v) is 4.02. The van der Waals surface area contributed by atoms with Crippen LogP contribution in [0.25, 0.3) is 11.0 Å². The Labute approximate surface area is 87.8 Å². The maximum Gasteiger partial charge on any atom is 0.206 e. The molecule has 1 saturated heterocycles. The van der Waals surface area contributed by atoms with Crippen LogP contribution in [0, 0.1) is 0 Å². The van der Waals surface area contributed by atoms with E-state index in [1.165, 1.54) is 0 Å². The van der Waals surface area contributed by atoms with E-state index in [1.807, 2.05) is 25.2 Å². The van der Waals surface area contributed by atoms with Crippen molar-refractivity contribution in [2.45, 2.75) is 6.10 Å². The Bertz CT molecular complexity index is 500. The van der Waals surface area contributed by atoms with Gasteiger partial charge in [0.05, 0.1) is 17.1 Å². The molecular formula is C11H13N3O. The van der Waals surface area contributed by atoms with Crippen molar-refractivity contribution >= 4 is 17.0 Å². The second kappa shape index (κ2) is 2.97. The van der Waals surface area contributed by atoms with Gasteiger partial charge in [-0.1, -0.05) is 12.1 Å². The predicted octanol–water partition coefficient (Wildman–Crippen LogP) is 0.754. The zero-order valence-electron chi connectivity index (χ0n) is 8.59. The van der Waals surface area contributed by atoms with Crippen LogP contribution in [0.1, 0.15) is 0 Å². The molecule has 0 atom stereocenters. The quantitative estimate of drug-likeness (QED) is 0.743. The van der Waals surface area contributed by atoms with Crippen molar-refractivity contribution in [2.24, 2.45) is 7.05 Å². The minimum absolute atomic E-state index is 0.190. The highest BCUT2D eigenvalue weighted by atomic mass is 16.3. The van der Waals surface area contributed by atoms with E-state index in [2.05, 4.69) is 20.5 Å². The summed E-state index contributed by atoms with van der Waals surface area (Å²) in [5.41, 5.74) is 2.14. The molecule has 0 unspecified atom stereocenters. The van der Waals surface area contributed by atoms with Crippen molar-refractivity contribution < 1.29 is 5.11 Å². The van der Waals surface area contributed by atoms with Crippen molar-refractivity contribution in [1.82, 2.24) is 9.55 Å². The van der Waals surface area contributed by atoms with Crippen LogP contribution >= 0.6 is 0 Å². The highest BCUT2D eigenvalue weighted by Crippen LogP contribution is 2.24. The number of aliphatic hydroxyl groups excluding tert-OH is 1. The van der Waals surface area contributed by atoms with Gasteiger partial charge in [0.1, 0.15) is 0 Å². The van der Waals surface area contributed by atoms with Crippen LogP contribution < -0.4 is 4.90 Å². The largest absolute Gasteiger partial charge is 0.389 e. The molecule has 78 valence electrons. The van der Waals surface area contributed by atoms with Gasteiger partial charge in [-0.05, 0) is 12.1 Å². The van der Waals surface area contributed by atoms with Gasteiger partial charge < -0.3 is 14.6 Å². The van der Waals surface area contributed by atoms with Gasteiger partial charge in [-0.2, -0.15) is 0 Å². The third kappa shape index (κ3) is 1.22. The Balaban J connectivity index is 2.08. The van der Waals surface area contributed by atoms with Gasteiger partial charge in [-0.25, -0.2) is 4.98 Å². The predicted molar refractivity (Wildman–Crippen MR) is 58.9 cm³/mol. The van der Waals surface area contributed by atoms with Gasteiger partial charge in [-0.15, -0.1) is 0 Å². The number of aromatic nitrogens is 2. The Morgan fingerprint density at radius 2 is 2.07 bits per heavy atom. The Hall–Kier alpha value is -1.55. The van der Waals surface area contributed by atoms with E-state index in [0.29, 0.717) is 13.1 Å². The Kier molecular flexibility index (Phi) is 1.73. The van der Waals surface area contributed by atoms with Crippen LogP contribution in [0.2, 0.25) is 0 Å². The Morgan fingerprint density at radius 1 is 1.33 bits per heavy atom. The van der Waals surface area contributed by atoms with Gasteiger partial charge in [0.15, 0.2) is 0 Å². The lowest BCUT2D eigenvalue weighted by Crippen LogP contribution is -2.51. The molecule has 0 saturated carbocycles. The molecule has 1 aliphatic rings. The van der Waals surface area contributed by atoms with Crippen molar-refractivity contribution in [3.63, 3.8) is 0 Å². The number of hydrogen-bond acceptors (Lipinski definition) is 3. The summed E-state index contributed by atoms with van der Waals surface area (Å²) in [6.45, 7) is 1.38. The molecule has 1 N–H and O–H groups in total. The van der Waals surface area contributed by atoms with Gasteiger partial charge in [0, 0.05) is 20.1 Å². The van der Waals surface area contributed by atoms with Gasteiger partial charge >= 0.3 is 0 Å². The van der Waals surface area contributed by atoms with E-state index >= 15 is 0 Å². The fraction of sp³-hybridized carbons (Fsp3) is 0.364. The van der Waals surface area contributed by atoms with Gasteiger partial charge in [0.2, 0.25) is 5.95 Å². The fourth-order valence-electron chi connectivity index (χ4n) is 2.03. The fourth-order valence-corrected chi connectivity index (χ4v) is 2.03. The first-order valence-electron chi connectivity index (χ1n) is 5.10. The molecule has 4 nitrogen and oxygen atoms in total. The summed E-state index contributed by atoms with van der Waals surface area (Å²) in [5.74, 6) is 0.946. The molecule has 1 aromatic heterocycles.